The van der Waals surface area contributed by atoms with Gasteiger partial charge in [0.25, 0.3) is 0 Å². The predicted octanol–water partition coefficient (Wildman–Crippen LogP) is 4.68. The van der Waals surface area contributed by atoms with Gasteiger partial charge >= 0.3 is 0 Å². The van der Waals surface area contributed by atoms with Gasteiger partial charge in [-0.05, 0) is 30.9 Å². The van der Waals surface area contributed by atoms with Gasteiger partial charge in [-0.2, -0.15) is 0 Å². The van der Waals surface area contributed by atoms with E-state index < -0.39 is 0 Å². The first-order chi connectivity index (χ1) is 10.2. The molecule has 132 valence electrons. The molecule has 0 spiro atoms. The first kappa shape index (κ1) is 21.1. The van der Waals surface area contributed by atoms with E-state index in [0.717, 1.165) is 31.7 Å². The van der Waals surface area contributed by atoms with Gasteiger partial charge in [0.1, 0.15) is 5.75 Å². The standard InChI is InChI=1S/C16H22Cl2N2O.2ClH/c17-12-9-13(16(21)14(18)10-12)15(11-3-1-2-4-11)20-7-5-19-6-8-20;;/h9-11,15,19,21H,1-8H2;2*1H/t15-;;/m1../s1. The van der Waals surface area contributed by atoms with E-state index in [1.807, 2.05) is 6.07 Å². The van der Waals surface area contributed by atoms with Crippen LogP contribution in [0.2, 0.25) is 10.0 Å². The molecule has 1 heterocycles. The summed E-state index contributed by atoms with van der Waals surface area (Å²) in [5, 5.41) is 14.8. The van der Waals surface area contributed by atoms with Crippen molar-refractivity contribution in [2.45, 2.75) is 31.7 Å². The molecule has 3 rings (SSSR count). The molecule has 0 unspecified atom stereocenters. The molecule has 2 N–H and O–H groups in total. The summed E-state index contributed by atoms with van der Waals surface area (Å²) < 4.78 is 0. The molecule has 1 atom stereocenters. The lowest BCUT2D eigenvalue weighted by Gasteiger charge is -2.39. The summed E-state index contributed by atoms with van der Waals surface area (Å²) in [6.45, 7) is 4.01. The van der Waals surface area contributed by atoms with Gasteiger partial charge in [-0.15, -0.1) is 24.8 Å². The SMILES string of the molecule is Cl.Cl.Oc1c(Cl)cc(Cl)cc1[C@@H](C1CCCC1)N1CCNCC1. The summed E-state index contributed by atoms with van der Waals surface area (Å²) in [7, 11) is 0. The number of piperazine rings is 1. The maximum Gasteiger partial charge on any atom is 0.139 e. The number of hydrogen-bond acceptors (Lipinski definition) is 3. The van der Waals surface area contributed by atoms with Crippen LogP contribution in [-0.4, -0.2) is 36.2 Å². The molecule has 3 nitrogen and oxygen atoms in total. The molecule has 1 saturated heterocycles. The van der Waals surface area contributed by atoms with Crippen molar-refractivity contribution in [2.75, 3.05) is 26.2 Å². The highest BCUT2D eigenvalue weighted by molar-refractivity contribution is 6.35. The first-order valence-corrected chi connectivity index (χ1v) is 8.55. The average Bonchev–Trinajstić information content (AvgIpc) is 2.99. The topological polar surface area (TPSA) is 35.5 Å². The monoisotopic (exact) mass is 400 g/mol. The molecule has 0 aromatic heterocycles. The number of nitrogens with one attached hydrogen (secondary N) is 1. The molecule has 0 bridgehead atoms. The number of benzene rings is 1. The highest BCUT2D eigenvalue weighted by atomic mass is 35.5. The zero-order valence-corrected chi connectivity index (χ0v) is 16.1. The van der Waals surface area contributed by atoms with Crippen molar-refractivity contribution >= 4 is 48.0 Å². The Morgan fingerprint density at radius 3 is 2.30 bits per heavy atom. The Morgan fingerprint density at radius 2 is 1.70 bits per heavy atom. The van der Waals surface area contributed by atoms with Crippen LogP contribution in [-0.2, 0) is 0 Å². The Kier molecular flexibility index (Phi) is 8.78. The number of halogens is 4. The second kappa shape index (κ2) is 9.55. The van der Waals surface area contributed by atoms with Gasteiger partial charge < -0.3 is 10.4 Å². The van der Waals surface area contributed by atoms with Gasteiger partial charge in [-0.25, -0.2) is 0 Å². The molecule has 0 radical (unpaired) electrons. The zero-order chi connectivity index (χ0) is 14.8. The minimum absolute atomic E-state index is 0. The minimum Gasteiger partial charge on any atom is -0.506 e. The lowest BCUT2D eigenvalue weighted by atomic mass is 9.89. The normalized spacial score (nSPS) is 20.6. The number of phenolic OH excluding ortho intramolecular Hbond substituents is 1. The molecule has 1 aliphatic heterocycles. The van der Waals surface area contributed by atoms with Crippen molar-refractivity contribution in [2.24, 2.45) is 5.92 Å². The average molecular weight is 402 g/mol. The van der Waals surface area contributed by atoms with Crippen molar-refractivity contribution in [1.82, 2.24) is 10.2 Å². The van der Waals surface area contributed by atoms with Gasteiger partial charge in [0.2, 0.25) is 0 Å². The second-order valence-corrected chi connectivity index (χ2v) is 6.94. The largest absolute Gasteiger partial charge is 0.506 e. The molecule has 23 heavy (non-hydrogen) atoms. The summed E-state index contributed by atoms with van der Waals surface area (Å²) in [5.74, 6) is 0.792. The van der Waals surface area contributed by atoms with Gasteiger partial charge in [0.15, 0.2) is 0 Å². The van der Waals surface area contributed by atoms with E-state index in [1.54, 1.807) is 6.07 Å². The van der Waals surface area contributed by atoms with Crippen LogP contribution in [0.5, 0.6) is 5.75 Å². The number of aromatic hydroxyl groups is 1. The Hall–Kier alpha value is 0.1000. The summed E-state index contributed by atoms with van der Waals surface area (Å²) in [6.07, 6.45) is 5.00. The summed E-state index contributed by atoms with van der Waals surface area (Å²) >= 11 is 12.3. The first-order valence-electron chi connectivity index (χ1n) is 7.79. The lowest BCUT2D eigenvalue weighted by Crippen LogP contribution is -2.46. The van der Waals surface area contributed by atoms with Gasteiger partial charge in [-0.3, -0.25) is 4.90 Å². The van der Waals surface area contributed by atoms with Crippen LogP contribution in [0.4, 0.5) is 0 Å². The Bertz CT molecular complexity index is 503. The summed E-state index contributed by atoms with van der Waals surface area (Å²) in [4.78, 5) is 2.48. The van der Waals surface area contributed by atoms with Crippen LogP contribution < -0.4 is 5.32 Å². The van der Waals surface area contributed by atoms with Crippen LogP contribution in [0, 0.1) is 5.92 Å². The number of phenols is 1. The second-order valence-electron chi connectivity index (χ2n) is 6.10. The third-order valence-electron chi connectivity index (χ3n) is 4.77. The molecular formula is C16H24Cl4N2O. The molecule has 1 saturated carbocycles. The van der Waals surface area contributed by atoms with E-state index in [2.05, 4.69) is 10.2 Å². The molecule has 1 aromatic rings. The molecule has 2 aliphatic rings. The quantitative estimate of drug-likeness (QED) is 0.771. The molecule has 1 aliphatic carbocycles. The highest BCUT2D eigenvalue weighted by Gasteiger charge is 2.34. The van der Waals surface area contributed by atoms with Crippen molar-refractivity contribution in [3.05, 3.63) is 27.7 Å². The molecule has 0 amide bonds. The van der Waals surface area contributed by atoms with E-state index in [1.165, 1.54) is 25.7 Å². The summed E-state index contributed by atoms with van der Waals surface area (Å²) in [5.41, 5.74) is 0.904. The van der Waals surface area contributed by atoms with Crippen LogP contribution >= 0.6 is 48.0 Å². The van der Waals surface area contributed by atoms with Gasteiger partial charge in [-0.1, -0.05) is 36.0 Å². The van der Waals surface area contributed by atoms with E-state index in [0.29, 0.717) is 16.0 Å². The molecule has 2 fully saturated rings. The van der Waals surface area contributed by atoms with E-state index in [9.17, 15) is 5.11 Å². The van der Waals surface area contributed by atoms with Crippen molar-refractivity contribution < 1.29 is 5.11 Å². The Labute approximate surface area is 160 Å². The van der Waals surface area contributed by atoms with Crippen molar-refractivity contribution in [3.63, 3.8) is 0 Å². The minimum atomic E-state index is 0. The maximum atomic E-state index is 10.5. The van der Waals surface area contributed by atoms with Crippen LogP contribution in [0.25, 0.3) is 0 Å². The zero-order valence-electron chi connectivity index (χ0n) is 12.9. The lowest BCUT2D eigenvalue weighted by molar-refractivity contribution is 0.123. The molecular weight excluding hydrogens is 378 g/mol. The van der Waals surface area contributed by atoms with Crippen LogP contribution in [0.1, 0.15) is 37.3 Å². The van der Waals surface area contributed by atoms with E-state index in [-0.39, 0.29) is 36.6 Å². The Balaban J connectivity index is 0.00000132. The van der Waals surface area contributed by atoms with Gasteiger partial charge in [0.05, 0.1) is 5.02 Å². The maximum absolute atomic E-state index is 10.5. The summed E-state index contributed by atoms with van der Waals surface area (Å²) in [6, 6.07) is 3.74. The highest BCUT2D eigenvalue weighted by Crippen LogP contribution is 2.45. The third-order valence-corrected chi connectivity index (χ3v) is 5.27. The van der Waals surface area contributed by atoms with Crippen molar-refractivity contribution in [1.29, 1.82) is 0 Å². The van der Waals surface area contributed by atoms with E-state index >= 15 is 0 Å². The number of hydrogen-bond donors (Lipinski definition) is 2. The molecule has 7 heteroatoms. The van der Waals surface area contributed by atoms with Crippen LogP contribution in [0.15, 0.2) is 12.1 Å². The van der Waals surface area contributed by atoms with Crippen molar-refractivity contribution in [3.8, 4) is 5.75 Å². The predicted molar refractivity (Wildman–Crippen MR) is 102 cm³/mol. The smallest absolute Gasteiger partial charge is 0.139 e. The van der Waals surface area contributed by atoms with Crippen LogP contribution in [0.3, 0.4) is 0 Å². The fraction of sp³-hybridized carbons (Fsp3) is 0.625. The Morgan fingerprint density at radius 1 is 1.09 bits per heavy atom. The number of nitrogens with zero attached hydrogens (tertiary/aromatic N) is 1. The third kappa shape index (κ3) is 4.81. The fourth-order valence-electron chi connectivity index (χ4n) is 3.79. The van der Waals surface area contributed by atoms with Gasteiger partial charge in [0, 0.05) is 42.8 Å². The van der Waals surface area contributed by atoms with E-state index in [4.69, 9.17) is 23.2 Å². The fourth-order valence-corrected chi connectivity index (χ4v) is 4.30. The number of rotatable bonds is 3. The molecule has 1 aromatic carbocycles.